The van der Waals surface area contributed by atoms with Crippen molar-refractivity contribution in [1.29, 1.82) is 0 Å². The lowest BCUT2D eigenvalue weighted by Gasteiger charge is -2.25. The molecule has 0 aromatic heterocycles. The van der Waals surface area contributed by atoms with Crippen molar-refractivity contribution in [3.63, 3.8) is 0 Å². The molecular formula is C21H26N2OS2. The second kappa shape index (κ2) is 9.49. The fourth-order valence-electron chi connectivity index (χ4n) is 2.89. The summed E-state index contributed by atoms with van der Waals surface area (Å²) in [5.41, 5.74) is 3.25. The summed E-state index contributed by atoms with van der Waals surface area (Å²) < 4.78 is 0.522. The molecule has 0 bridgehead atoms. The number of likely N-dealkylation sites (N-methyl/N-ethyl adjacent to an activating group) is 1. The predicted octanol–water partition coefficient (Wildman–Crippen LogP) is 4.37. The quantitative estimate of drug-likeness (QED) is 0.705. The van der Waals surface area contributed by atoms with E-state index in [0.717, 1.165) is 24.2 Å². The van der Waals surface area contributed by atoms with Crippen LogP contribution in [0.25, 0.3) is 0 Å². The molecule has 1 aliphatic rings. The Morgan fingerprint density at radius 1 is 0.962 bits per heavy atom. The minimum absolute atomic E-state index is 0.106. The van der Waals surface area contributed by atoms with Gasteiger partial charge in [0.2, 0.25) is 0 Å². The zero-order chi connectivity index (χ0) is 18.4. The lowest BCUT2D eigenvalue weighted by Crippen LogP contribution is -2.36. The predicted molar refractivity (Wildman–Crippen MR) is 114 cm³/mol. The summed E-state index contributed by atoms with van der Waals surface area (Å²) >= 11 is 3.98. The molecule has 26 heavy (non-hydrogen) atoms. The molecule has 0 radical (unpaired) electrons. The molecule has 1 amide bonds. The van der Waals surface area contributed by atoms with Crippen LogP contribution < -0.4 is 0 Å². The molecule has 0 spiro atoms. The van der Waals surface area contributed by atoms with Gasteiger partial charge in [0.15, 0.2) is 0 Å². The zero-order valence-electron chi connectivity index (χ0n) is 15.4. The minimum Gasteiger partial charge on any atom is -0.333 e. The molecule has 3 nitrogen and oxygen atoms in total. The Labute approximate surface area is 165 Å². The average molecular weight is 387 g/mol. The highest BCUT2D eigenvalue weighted by Gasteiger charge is 2.20. The van der Waals surface area contributed by atoms with Gasteiger partial charge in [-0.3, -0.25) is 4.79 Å². The molecule has 0 saturated carbocycles. The first-order chi connectivity index (χ1) is 12.6. The zero-order valence-corrected chi connectivity index (χ0v) is 17.1. The van der Waals surface area contributed by atoms with Crippen molar-refractivity contribution >= 4 is 29.4 Å². The number of hydrogen-bond acceptors (Lipinski definition) is 4. The fraction of sp³-hybridized carbons (Fsp3) is 0.381. The van der Waals surface area contributed by atoms with Gasteiger partial charge in [0, 0.05) is 36.7 Å². The third-order valence-corrected chi connectivity index (χ3v) is 7.48. The summed E-state index contributed by atoms with van der Waals surface area (Å²) in [5.74, 6) is 2.53. The molecule has 1 heterocycles. The van der Waals surface area contributed by atoms with E-state index in [1.54, 1.807) is 0 Å². The van der Waals surface area contributed by atoms with Crippen molar-refractivity contribution in [1.82, 2.24) is 9.80 Å². The Morgan fingerprint density at radius 3 is 2.23 bits per heavy atom. The van der Waals surface area contributed by atoms with Crippen LogP contribution in [-0.4, -0.2) is 54.4 Å². The Kier molecular flexibility index (Phi) is 7.06. The van der Waals surface area contributed by atoms with Crippen molar-refractivity contribution in [3.8, 4) is 0 Å². The van der Waals surface area contributed by atoms with Crippen LogP contribution in [0.1, 0.15) is 26.1 Å². The van der Waals surface area contributed by atoms with Crippen molar-refractivity contribution in [2.75, 3.05) is 38.7 Å². The lowest BCUT2D eigenvalue weighted by atomic mass is 10.1. The smallest absolute Gasteiger partial charge is 0.254 e. The molecule has 138 valence electrons. The van der Waals surface area contributed by atoms with Gasteiger partial charge >= 0.3 is 0 Å². The molecule has 3 rings (SSSR count). The van der Waals surface area contributed by atoms with Gasteiger partial charge in [-0.25, -0.2) is 0 Å². The molecule has 0 aliphatic carbocycles. The van der Waals surface area contributed by atoms with Gasteiger partial charge in [0.1, 0.15) is 0 Å². The largest absolute Gasteiger partial charge is 0.333 e. The minimum atomic E-state index is 0.106. The molecule has 1 aliphatic heterocycles. The van der Waals surface area contributed by atoms with E-state index >= 15 is 0 Å². The van der Waals surface area contributed by atoms with E-state index in [2.05, 4.69) is 29.2 Å². The highest BCUT2D eigenvalue weighted by molar-refractivity contribution is 8.19. The van der Waals surface area contributed by atoms with Crippen LogP contribution in [0.3, 0.4) is 0 Å². The van der Waals surface area contributed by atoms with Gasteiger partial charge < -0.3 is 9.80 Å². The van der Waals surface area contributed by atoms with Crippen molar-refractivity contribution in [2.24, 2.45) is 0 Å². The summed E-state index contributed by atoms with van der Waals surface area (Å²) in [5, 5.41) is 0. The second-order valence-corrected chi connectivity index (χ2v) is 9.44. The highest BCUT2D eigenvalue weighted by atomic mass is 32.2. The molecule has 1 saturated heterocycles. The van der Waals surface area contributed by atoms with Gasteiger partial charge in [-0.05, 0) is 37.4 Å². The number of nitrogens with zero attached hydrogens (tertiary/aromatic N) is 2. The van der Waals surface area contributed by atoms with Crippen molar-refractivity contribution in [2.45, 2.75) is 11.1 Å². The number of thioether (sulfide) groups is 2. The normalized spacial score (nSPS) is 14.7. The Bertz CT molecular complexity index is 698. The van der Waals surface area contributed by atoms with E-state index in [-0.39, 0.29) is 5.91 Å². The number of amides is 1. The number of benzene rings is 2. The monoisotopic (exact) mass is 386 g/mol. The Hall–Kier alpha value is -1.43. The molecule has 2 aromatic carbocycles. The summed E-state index contributed by atoms with van der Waals surface area (Å²) in [6.07, 6.45) is 0. The summed E-state index contributed by atoms with van der Waals surface area (Å²) in [4.78, 5) is 17.2. The first-order valence-corrected chi connectivity index (χ1v) is 11.0. The van der Waals surface area contributed by atoms with Crippen LogP contribution in [0.4, 0.5) is 0 Å². The number of rotatable bonds is 7. The second-order valence-electron chi connectivity index (χ2n) is 6.71. The van der Waals surface area contributed by atoms with E-state index in [9.17, 15) is 4.79 Å². The van der Waals surface area contributed by atoms with Crippen LogP contribution >= 0.6 is 23.5 Å². The average Bonchev–Trinajstić information content (AvgIpc) is 3.20. The van der Waals surface area contributed by atoms with Crippen LogP contribution in [0.15, 0.2) is 54.6 Å². The molecule has 0 unspecified atom stereocenters. The van der Waals surface area contributed by atoms with Crippen LogP contribution in [-0.2, 0) is 6.54 Å². The molecule has 5 heteroatoms. The fourth-order valence-corrected chi connectivity index (χ4v) is 5.75. The first-order valence-electron chi connectivity index (χ1n) is 8.94. The maximum absolute atomic E-state index is 13.1. The van der Waals surface area contributed by atoms with Gasteiger partial charge in [-0.15, -0.1) is 23.5 Å². The van der Waals surface area contributed by atoms with Gasteiger partial charge in [-0.2, -0.15) is 0 Å². The molecule has 0 atom stereocenters. The van der Waals surface area contributed by atoms with E-state index in [1.165, 1.54) is 17.1 Å². The number of carbonyl (C=O) groups is 1. The van der Waals surface area contributed by atoms with Crippen LogP contribution in [0, 0.1) is 0 Å². The van der Waals surface area contributed by atoms with E-state index < -0.39 is 0 Å². The lowest BCUT2D eigenvalue weighted by molar-refractivity contribution is 0.0732. The molecular weight excluding hydrogens is 360 g/mol. The van der Waals surface area contributed by atoms with E-state index in [1.807, 2.05) is 72.9 Å². The third kappa shape index (κ3) is 5.29. The Balaban J connectivity index is 1.72. The molecule has 2 aromatic rings. The van der Waals surface area contributed by atoms with Crippen LogP contribution in [0.2, 0.25) is 0 Å². The van der Waals surface area contributed by atoms with Gasteiger partial charge in [-0.1, -0.05) is 42.5 Å². The van der Waals surface area contributed by atoms with Gasteiger partial charge in [0.05, 0.1) is 4.58 Å². The van der Waals surface area contributed by atoms with E-state index in [4.69, 9.17) is 0 Å². The van der Waals surface area contributed by atoms with Gasteiger partial charge in [0.25, 0.3) is 5.91 Å². The van der Waals surface area contributed by atoms with E-state index in [0.29, 0.717) is 11.1 Å². The first kappa shape index (κ1) is 19.3. The summed E-state index contributed by atoms with van der Waals surface area (Å²) in [6.45, 7) is 2.21. The summed E-state index contributed by atoms with van der Waals surface area (Å²) in [7, 11) is 4.08. The van der Waals surface area contributed by atoms with Crippen molar-refractivity contribution < 1.29 is 4.79 Å². The number of hydrogen-bond donors (Lipinski definition) is 0. The number of carbonyl (C=O) groups excluding carboxylic acids is 1. The maximum Gasteiger partial charge on any atom is 0.254 e. The topological polar surface area (TPSA) is 23.6 Å². The summed E-state index contributed by atoms with van der Waals surface area (Å²) in [6, 6.07) is 18.4. The highest BCUT2D eigenvalue weighted by Crippen LogP contribution is 2.45. The maximum atomic E-state index is 13.1. The van der Waals surface area contributed by atoms with Crippen molar-refractivity contribution in [3.05, 3.63) is 71.3 Å². The Morgan fingerprint density at radius 2 is 1.62 bits per heavy atom. The molecule has 0 N–H and O–H groups in total. The third-order valence-electron chi connectivity index (χ3n) is 4.37. The standard InChI is InChI=1S/C21H26N2OS2/c1-22(2)12-13-23(16-17-6-4-3-5-7-17)20(24)18-8-10-19(11-9-18)21-25-14-15-26-21/h3-11,21H,12-16H2,1-2H3. The SMILES string of the molecule is CN(C)CCN(Cc1ccccc1)C(=O)c1ccc(C2SCCS2)cc1. The van der Waals surface area contributed by atoms with Crippen LogP contribution in [0.5, 0.6) is 0 Å². The molecule has 1 fully saturated rings.